The van der Waals surface area contributed by atoms with Crippen molar-refractivity contribution in [1.29, 1.82) is 0 Å². The van der Waals surface area contributed by atoms with Gasteiger partial charge < -0.3 is 108 Å². The topological polar surface area (TPSA) is 289 Å². The zero-order valence-electron chi connectivity index (χ0n) is 101. The van der Waals surface area contributed by atoms with Gasteiger partial charge in [-0.25, -0.2) is 0 Å². The van der Waals surface area contributed by atoms with E-state index in [1.54, 1.807) is 0 Å². The Morgan fingerprint density at radius 1 is 0.420 bits per heavy atom. The van der Waals surface area contributed by atoms with E-state index in [0.29, 0.717) is 45.6 Å². The summed E-state index contributed by atoms with van der Waals surface area (Å²) < 4.78 is 67.8. The van der Waals surface area contributed by atoms with Gasteiger partial charge in [-0.2, -0.15) is 48.8 Å². The van der Waals surface area contributed by atoms with Crippen LogP contribution in [-0.4, -0.2) is 317 Å². The number of allylic oxidation sites excluding steroid dienone is 2. The zero-order chi connectivity index (χ0) is 111. The highest BCUT2D eigenvalue weighted by molar-refractivity contribution is 7.99. The zero-order valence-corrected chi connectivity index (χ0v) is 111. The fraction of sp³-hybridized carbons (Fsp3) is 0.945. The van der Waals surface area contributed by atoms with Gasteiger partial charge in [-0.1, -0.05) is 198 Å². The summed E-state index contributed by atoms with van der Waals surface area (Å²) in [4.78, 5) is 5.42. The summed E-state index contributed by atoms with van der Waals surface area (Å²) in [5.74, 6) is 6.32. The van der Waals surface area contributed by atoms with Crippen molar-refractivity contribution in [3.05, 3.63) is 37.6 Å². The molecule has 874 valence electrons. The molecule has 1 aliphatic rings. The van der Waals surface area contributed by atoms with Gasteiger partial charge in [0.2, 0.25) is 8.32 Å². The summed E-state index contributed by atoms with van der Waals surface area (Å²) in [5.41, 5.74) is 23.1. The van der Waals surface area contributed by atoms with Crippen LogP contribution in [0.5, 0.6) is 0 Å². The molecule has 1 rings (SSSR count). The van der Waals surface area contributed by atoms with Crippen LogP contribution in [0.1, 0.15) is 337 Å². The third-order valence-electron chi connectivity index (χ3n) is 22.7. The highest BCUT2D eigenvalue weighted by atomic mass is 32.2. The van der Waals surface area contributed by atoms with E-state index in [4.69, 9.17) is 77.0 Å². The highest BCUT2D eigenvalue weighted by Gasteiger charge is 2.43. The van der Waals surface area contributed by atoms with Gasteiger partial charge in [0.25, 0.3) is 0 Å². The fourth-order valence-electron chi connectivity index (χ4n) is 12.6. The molecule has 12 N–H and O–H groups in total. The number of nitrogens with zero attached hydrogens (tertiary/aromatic N) is 2. The van der Waals surface area contributed by atoms with Crippen molar-refractivity contribution < 1.29 is 64.3 Å². The van der Waals surface area contributed by atoms with Crippen LogP contribution in [0.25, 0.3) is 0 Å². The van der Waals surface area contributed by atoms with Crippen LogP contribution in [0, 0.1) is 0 Å². The Kier molecular flexibility index (Phi) is 162. The molecule has 1 fully saturated rings. The van der Waals surface area contributed by atoms with E-state index in [1.165, 1.54) is 229 Å². The molecule has 0 radical (unpaired) electrons. The molecule has 1 aliphatic heterocycles. The second kappa shape index (κ2) is 139. The van der Waals surface area contributed by atoms with E-state index in [9.17, 15) is 10.2 Å². The predicted molar refractivity (Wildman–Crippen MR) is 670 cm³/mol. The number of rotatable bonds is 90. The minimum Gasteiger partial charge on any atom is -0.441 e. The van der Waals surface area contributed by atoms with E-state index >= 15 is 0 Å². The van der Waals surface area contributed by atoms with Gasteiger partial charge in [-0.15, -0.1) is 19.7 Å². The number of aliphatic hydroxyl groups is 2. The Bertz CT molecular complexity index is 2190. The normalized spacial score (nSPS) is 13.6. The Balaban J connectivity index is -0.000000154. The molecular formula is C110H258N8O14S4Si7. The monoisotopic (exact) mass is 2240 g/mol. The van der Waals surface area contributed by atoms with Gasteiger partial charge in [0, 0.05) is 69.1 Å². The van der Waals surface area contributed by atoms with Crippen molar-refractivity contribution in [2.45, 2.75) is 457 Å². The number of ether oxygens (including phenoxy) is 5. The lowest BCUT2D eigenvalue weighted by atomic mass is 10.1. The third kappa shape index (κ3) is 161. The number of nitrogens with two attached hydrogens (primary N) is 4. The second-order valence-electron chi connectivity index (χ2n) is 38.5. The minimum atomic E-state index is -2.17. The molecule has 0 bridgehead atoms. The lowest BCUT2D eigenvalue weighted by Crippen LogP contribution is -2.51. The molecule has 0 aliphatic carbocycles. The first kappa shape index (κ1) is 167. The molecule has 143 heavy (non-hydrogen) atoms. The van der Waals surface area contributed by atoms with Crippen LogP contribution in [0.4, 0.5) is 0 Å². The summed E-state index contributed by atoms with van der Waals surface area (Å²) in [6.07, 6.45) is 45.0. The van der Waals surface area contributed by atoms with Gasteiger partial charge in [0.05, 0.1) is 77.8 Å². The average Bonchev–Trinajstić information content (AvgIpc) is 1.18. The fourth-order valence-corrected chi connectivity index (χ4v) is 37.3. The SMILES string of the molecule is C=CCC.C=CCC.C=C[Si](C)(C)OCC.CCC(O)CNCCCCCCNCC(O)CC.CCC1CO1.CCCCN(CCCC)CCCCCCN(CCCC)CCCC.CCCCSCCOCCOCCSCCCC.CCO[SiH](C)O[SiH](C)CC.CCO[Si](C)(C)CC[Si](C)(CC)O[Si](C)(CC[Si](C)(C)OCC)OCC.NCCCCCCN.NCCCCCCN.SCCOCCOCCS. The summed E-state index contributed by atoms with van der Waals surface area (Å²) in [7, 11) is -10.6. The molecule has 0 amide bonds. The van der Waals surface area contributed by atoms with E-state index in [1.807, 2.05) is 69.1 Å². The smallest absolute Gasteiger partial charge is 0.324 e. The first-order valence-corrected chi connectivity index (χ1v) is 81.0. The van der Waals surface area contributed by atoms with Crippen molar-refractivity contribution in [1.82, 2.24) is 20.4 Å². The Morgan fingerprint density at radius 2 is 0.748 bits per heavy atom. The number of hydrogen-bond acceptors (Lipinski definition) is 26. The van der Waals surface area contributed by atoms with Crippen molar-refractivity contribution >= 4 is 109 Å². The average molecular weight is 2240 g/mol. The predicted octanol–water partition coefficient (Wildman–Crippen LogP) is 26.9. The first-order chi connectivity index (χ1) is 68.6. The van der Waals surface area contributed by atoms with Crippen LogP contribution in [0.3, 0.4) is 0 Å². The quantitative estimate of drug-likeness (QED) is 0.00890. The summed E-state index contributed by atoms with van der Waals surface area (Å²) in [6.45, 7) is 97.5. The van der Waals surface area contributed by atoms with Crippen LogP contribution >= 0.6 is 48.8 Å². The third-order valence-corrected chi connectivity index (χ3v) is 47.1. The van der Waals surface area contributed by atoms with Crippen LogP contribution < -0.4 is 33.6 Å². The minimum absolute atomic E-state index is 0.195. The van der Waals surface area contributed by atoms with Crippen molar-refractivity contribution in [2.75, 3.05) is 219 Å². The maximum absolute atomic E-state index is 9.33. The molecular weight excluding hydrogens is 1980 g/mol. The molecule has 0 aromatic carbocycles. The lowest BCUT2D eigenvalue weighted by Gasteiger charge is -2.39. The Hall–Kier alpha value is 1.26. The molecule has 0 saturated carbocycles. The molecule has 0 spiro atoms. The Morgan fingerprint density at radius 3 is 1.01 bits per heavy atom. The van der Waals surface area contributed by atoms with Gasteiger partial charge in [0.1, 0.15) is 0 Å². The molecule has 7 atom stereocenters. The van der Waals surface area contributed by atoms with Gasteiger partial charge in [-0.3, -0.25) is 0 Å². The Labute approximate surface area is 922 Å². The number of aliphatic hydroxyl groups excluding tert-OH is 2. The molecule has 1 saturated heterocycles. The molecule has 1 heterocycles. The number of thioether (sulfide) groups is 2. The molecule has 7 unspecified atom stereocenters. The van der Waals surface area contributed by atoms with Crippen molar-refractivity contribution in [3.8, 4) is 0 Å². The summed E-state index contributed by atoms with van der Waals surface area (Å²) >= 11 is 11.9. The van der Waals surface area contributed by atoms with Crippen LogP contribution in [-0.2, 0) is 54.0 Å². The van der Waals surface area contributed by atoms with Crippen LogP contribution in [0.2, 0.25) is 102 Å². The van der Waals surface area contributed by atoms with E-state index in [0.717, 1.165) is 198 Å². The number of unbranched alkanes of at least 4 members (excludes halogenated alkanes) is 18. The summed E-state index contributed by atoms with van der Waals surface area (Å²) in [5, 5.41) is 25.2. The maximum atomic E-state index is 9.33. The molecule has 33 heteroatoms. The van der Waals surface area contributed by atoms with E-state index < -0.39 is 60.2 Å². The summed E-state index contributed by atoms with van der Waals surface area (Å²) in [6, 6.07) is 6.90. The maximum Gasteiger partial charge on any atom is 0.324 e. The largest absolute Gasteiger partial charge is 0.441 e. The van der Waals surface area contributed by atoms with Crippen molar-refractivity contribution in [2.24, 2.45) is 22.9 Å². The van der Waals surface area contributed by atoms with E-state index in [-0.39, 0.29) is 12.2 Å². The first-order valence-electron chi connectivity index (χ1n) is 58.3. The lowest BCUT2D eigenvalue weighted by molar-refractivity contribution is 0.0605. The molecule has 22 nitrogen and oxygen atoms in total. The van der Waals surface area contributed by atoms with E-state index in [2.05, 4.69) is 228 Å². The van der Waals surface area contributed by atoms with Gasteiger partial charge >= 0.3 is 17.8 Å². The van der Waals surface area contributed by atoms with Gasteiger partial charge in [0.15, 0.2) is 34.0 Å². The number of nitrogens with one attached hydrogen (secondary N) is 2. The number of hydrogen-bond donors (Lipinski definition) is 10. The van der Waals surface area contributed by atoms with Crippen molar-refractivity contribution in [3.63, 3.8) is 0 Å². The standard InChI is InChI=1S/C22H48N2.C18H46O4Si4.C14H32N2O2.C14H30O2S2.2C6H16N2.C6H14O2S2.C6H18O2Si2.C6H14OSi.C4H8O.2C4H8/c1-5-9-17-23(18-10-6-2)21-15-13-14-16-22-24(19-11-7-3)20-12-8-4;1-11-19-23(5,6)15-17-25(9,14-4)22-26(10,21-13-3)18-16-24(7,8)20-12-2;1-3-13(17)11-15-9-7-5-6-8-10-16-12-14(18)4-2;1-3-5-11-17-13-9-15-7-8-16-10-14-18-12-6-4-2;2*7-5-3-1-2-4-6-8;9-5-3-7-1-2-8-4-6-10;1-5-7-10(4)8-9(3)6-2;1-5-7-8(3,4)6-2;1-2-4-3-5-4;2*1-3-4-2/h5-22H2,1-4H3;11-18H2,1-10H3;13-18H,3-12H2,1-2H3;3-14H2,1-2H3;2*1-8H2;9-10H,1-6H2;9-10H,5-6H2,1-4H3;6H,2,5H2,1,3-4H3;4H,2-3H2,1H3;2*3H,1,4H2,2H3. The van der Waals surface area contributed by atoms with Crippen LogP contribution in [0.15, 0.2) is 37.6 Å². The highest BCUT2D eigenvalue weighted by Crippen LogP contribution is 2.32. The molecule has 0 aromatic rings. The number of epoxide rings is 1. The van der Waals surface area contributed by atoms with Gasteiger partial charge in [-0.05, 0) is 348 Å². The molecule has 0 aromatic heterocycles. The number of thiol groups is 2. The second-order valence-corrected chi connectivity index (χ2v) is 67.3.